The van der Waals surface area contributed by atoms with Crippen LogP contribution in [-0.2, 0) is 6.54 Å². The highest BCUT2D eigenvalue weighted by atomic mass is 16.5. The maximum absolute atomic E-state index is 11.8. The number of anilines is 1. The molecule has 0 saturated carbocycles. The number of hydrogen-bond acceptors (Lipinski definition) is 4. The number of urea groups is 1. The predicted octanol–water partition coefficient (Wildman–Crippen LogP) is 2.98. The minimum atomic E-state index is -0.331. The third-order valence-electron chi connectivity index (χ3n) is 2.58. The molecule has 1 aromatic heterocycles. The average Bonchev–Trinajstić information content (AvgIpc) is 2.45. The van der Waals surface area contributed by atoms with Crippen LogP contribution in [-0.4, -0.2) is 21.6 Å². The Morgan fingerprint density at radius 1 is 1.27 bits per heavy atom. The third-order valence-corrected chi connectivity index (χ3v) is 2.58. The molecule has 0 fully saturated rings. The average molecular weight is 300 g/mol. The summed E-state index contributed by atoms with van der Waals surface area (Å²) < 4.78 is 5.80. The summed E-state index contributed by atoms with van der Waals surface area (Å²) in [6.07, 6.45) is 4.55. The Morgan fingerprint density at radius 2 is 2.09 bits per heavy atom. The summed E-state index contributed by atoms with van der Waals surface area (Å²) in [5.41, 5.74) is 0.700. The molecule has 22 heavy (non-hydrogen) atoms. The second-order valence-corrected chi connectivity index (χ2v) is 5.76. The SMILES string of the molecule is CC(C)(C)Oc1cccc(CNC(=O)Nc2cnccn2)c1. The molecule has 6 heteroatoms. The molecule has 2 aromatic rings. The van der Waals surface area contributed by atoms with Crippen molar-refractivity contribution in [3.8, 4) is 5.75 Å². The summed E-state index contributed by atoms with van der Waals surface area (Å²) in [6, 6.07) is 7.31. The molecule has 0 bridgehead atoms. The van der Waals surface area contributed by atoms with Gasteiger partial charge >= 0.3 is 6.03 Å². The molecule has 1 heterocycles. The van der Waals surface area contributed by atoms with Crippen LogP contribution in [0.3, 0.4) is 0 Å². The van der Waals surface area contributed by atoms with E-state index in [0.717, 1.165) is 11.3 Å². The van der Waals surface area contributed by atoms with Gasteiger partial charge in [0, 0.05) is 18.9 Å². The lowest BCUT2D eigenvalue weighted by molar-refractivity contribution is 0.131. The van der Waals surface area contributed by atoms with E-state index in [1.165, 1.54) is 12.4 Å². The lowest BCUT2D eigenvalue weighted by Gasteiger charge is -2.21. The lowest BCUT2D eigenvalue weighted by atomic mass is 10.1. The molecular formula is C16H20N4O2. The molecule has 1 aromatic carbocycles. The molecule has 0 aliphatic carbocycles. The van der Waals surface area contributed by atoms with Crippen LogP contribution < -0.4 is 15.4 Å². The Kier molecular flexibility index (Phi) is 4.93. The molecule has 0 aliphatic heterocycles. The van der Waals surface area contributed by atoms with Gasteiger partial charge in [0.2, 0.25) is 0 Å². The Labute approximate surface area is 129 Å². The summed E-state index contributed by atoms with van der Waals surface area (Å²) in [5.74, 6) is 1.19. The van der Waals surface area contributed by atoms with Crippen LogP contribution in [0.15, 0.2) is 42.9 Å². The number of nitrogens with zero attached hydrogens (tertiary/aromatic N) is 2. The zero-order valence-electron chi connectivity index (χ0n) is 13.0. The van der Waals surface area contributed by atoms with Crippen LogP contribution in [0, 0.1) is 0 Å². The molecule has 2 amide bonds. The quantitative estimate of drug-likeness (QED) is 0.910. The van der Waals surface area contributed by atoms with E-state index in [1.807, 2.05) is 45.0 Å². The molecule has 0 radical (unpaired) electrons. The van der Waals surface area contributed by atoms with Gasteiger partial charge in [-0.2, -0.15) is 0 Å². The number of aromatic nitrogens is 2. The van der Waals surface area contributed by atoms with Crippen molar-refractivity contribution >= 4 is 11.8 Å². The lowest BCUT2D eigenvalue weighted by Crippen LogP contribution is -2.28. The maximum Gasteiger partial charge on any atom is 0.320 e. The van der Waals surface area contributed by atoms with Gasteiger partial charge in [-0.25, -0.2) is 9.78 Å². The number of hydrogen-bond donors (Lipinski definition) is 2. The van der Waals surface area contributed by atoms with E-state index < -0.39 is 0 Å². The van der Waals surface area contributed by atoms with E-state index in [4.69, 9.17) is 4.74 Å². The molecule has 0 aliphatic rings. The highest BCUT2D eigenvalue weighted by molar-refractivity contribution is 5.87. The fourth-order valence-corrected chi connectivity index (χ4v) is 1.78. The smallest absolute Gasteiger partial charge is 0.320 e. The second-order valence-electron chi connectivity index (χ2n) is 5.76. The van der Waals surface area contributed by atoms with Crippen molar-refractivity contribution in [3.05, 3.63) is 48.4 Å². The van der Waals surface area contributed by atoms with Crippen molar-refractivity contribution in [2.75, 3.05) is 5.32 Å². The fourth-order valence-electron chi connectivity index (χ4n) is 1.78. The molecule has 0 unspecified atom stereocenters. The molecule has 2 rings (SSSR count). The fraction of sp³-hybridized carbons (Fsp3) is 0.312. The highest BCUT2D eigenvalue weighted by Crippen LogP contribution is 2.19. The van der Waals surface area contributed by atoms with Crippen molar-refractivity contribution in [1.29, 1.82) is 0 Å². The minimum absolute atomic E-state index is 0.255. The Hall–Kier alpha value is -2.63. The predicted molar refractivity (Wildman–Crippen MR) is 84.7 cm³/mol. The van der Waals surface area contributed by atoms with Gasteiger partial charge in [-0.05, 0) is 38.5 Å². The monoisotopic (exact) mass is 300 g/mol. The molecular weight excluding hydrogens is 280 g/mol. The number of nitrogens with one attached hydrogen (secondary N) is 2. The summed E-state index contributed by atoms with van der Waals surface area (Å²) in [7, 11) is 0. The zero-order chi connectivity index (χ0) is 16.0. The van der Waals surface area contributed by atoms with Crippen molar-refractivity contribution in [3.63, 3.8) is 0 Å². The Bertz CT molecular complexity index is 624. The van der Waals surface area contributed by atoms with Crippen molar-refractivity contribution < 1.29 is 9.53 Å². The van der Waals surface area contributed by atoms with Crippen LogP contribution in [0.4, 0.5) is 10.6 Å². The van der Waals surface area contributed by atoms with E-state index in [-0.39, 0.29) is 11.6 Å². The van der Waals surface area contributed by atoms with E-state index in [9.17, 15) is 4.79 Å². The van der Waals surface area contributed by atoms with E-state index >= 15 is 0 Å². The number of ether oxygens (including phenoxy) is 1. The van der Waals surface area contributed by atoms with Crippen LogP contribution in [0.2, 0.25) is 0 Å². The number of rotatable bonds is 4. The van der Waals surface area contributed by atoms with Gasteiger partial charge in [-0.15, -0.1) is 0 Å². The topological polar surface area (TPSA) is 76.1 Å². The maximum atomic E-state index is 11.8. The van der Waals surface area contributed by atoms with Gasteiger partial charge in [0.25, 0.3) is 0 Å². The molecule has 2 N–H and O–H groups in total. The summed E-state index contributed by atoms with van der Waals surface area (Å²) in [4.78, 5) is 19.6. The summed E-state index contributed by atoms with van der Waals surface area (Å²) >= 11 is 0. The molecule has 0 saturated heterocycles. The van der Waals surface area contributed by atoms with E-state index in [2.05, 4.69) is 20.6 Å². The van der Waals surface area contributed by atoms with Gasteiger partial charge in [-0.1, -0.05) is 12.1 Å². The Balaban J connectivity index is 1.89. The standard InChI is InChI=1S/C16H20N4O2/c1-16(2,3)22-13-6-4-5-12(9-13)10-19-15(21)20-14-11-17-7-8-18-14/h4-9,11H,10H2,1-3H3,(H2,18,19,20,21). The summed E-state index contributed by atoms with van der Waals surface area (Å²) in [6.45, 7) is 6.37. The van der Waals surface area contributed by atoms with Crippen LogP contribution in [0.5, 0.6) is 5.75 Å². The minimum Gasteiger partial charge on any atom is -0.488 e. The normalized spacial score (nSPS) is 10.9. The van der Waals surface area contributed by atoms with E-state index in [0.29, 0.717) is 12.4 Å². The van der Waals surface area contributed by atoms with Crippen LogP contribution in [0.1, 0.15) is 26.3 Å². The first-order chi connectivity index (χ1) is 10.4. The van der Waals surface area contributed by atoms with Gasteiger partial charge in [0.1, 0.15) is 11.4 Å². The first-order valence-corrected chi connectivity index (χ1v) is 7.01. The van der Waals surface area contributed by atoms with Crippen molar-refractivity contribution in [2.45, 2.75) is 32.9 Å². The van der Waals surface area contributed by atoms with Crippen LogP contribution in [0.25, 0.3) is 0 Å². The van der Waals surface area contributed by atoms with Gasteiger partial charge in [-0.3, -0.25) is 10.3 Å². The third kappa shape index (κ3) is 5.40. The number of carbonyl (C=O) groups is 1. The molecule has 6 nitrogen and oxygen atoms in total. The number of benzene rings is 1. The van der Waals surface area contributed by atoms with Gasteiger partial charge < -0.3 is 10.1 Å². The number of amides is 2. The van der Waals surface area contributed by atoms with Gasteiger partial charge in [0.05, 0.1) is 6.20 Å². The first kappa shape index (κ1) is 15.8. The molecule has 0 spiro atoms. The highest BCUT2D eigenvalue weighted by Gasteiger charge is 2.11. The van der Waals surface area contributed by atoms with E-state index in [1.54, 1.807) is 6.20 Å². The Morgan fingerprint density at radius 3 is 2.77 bits per heavy atom. The van der Waals surface area contributed by atoms with Crippen molar-refractivity contribution in [2.24, 2.45) is 0 Å². The summed E-state index contributed by atoms with van der Waals surface area (Å²) in [5, 5.41) is 5.37. The second kappa shape index (κ2) is 6.89. The number of carbonyl (C=O) groups excluding carboxylic acids is 1. The largest absolute Gasteiger partial charge is 0.488 e. The van der Waals surface area contributed by atoms with Gasteiger partial charge in [0.15, 0.2) is 5.82 Å². The molecule has 0 atom stereocenters. The molecule has 116 valence electrons. The van der Waals surface area contributed by atoms with Crippen molar-refractivity contribution in [1.82, 2.24) is 15.3 Å². The zero-order valence-corrected chi connectivity index (χ0v) is 13.0. The first-order valence-electron chi connectivity index (χ1n) is 7.01. The van der Waals surface area contributed by atoms with Crippen LogP contribution >= 0.6 is 0 Å².